The fourth-order valence-corrected chi connectivity index (χ4v) is 2.04. The molecule has 1 heterocycles. The van der Waals surface area contributed by atoms with Crippen molar-refractivity contribution in [1.82, 2.24) is 5.32 Å². The lowest BCUT2D eigenvalue weighted by Crippen LogP contribution is -2.23. The van der Waals surface area contributed by atoms with Gasteiger partial charge in [-0.3, -0.25) is 9.59 Å². The van der Waals surface area contributed by atoms with E-state index in [0.717, 1.165) is 24.2 Å². The number of nitrogens with one attached hydrogen (secondary N) is 1. The Morgan fingerprint density at radius 2 is 2.15 bits per heavy atom. The molecule has 0 atom stereocenters. The Hall–Kier alpha value is -2.61. The van der Waals surface area contributed by atoms with Crippen molar-refractivity contribution >= 4 is 23.6 Å². The molecule has 0 spiro atoms. The molecule has 2 amide bonds. The van der Waals surface area contributed by atoms with Gasteiger partial charge in [0.15, 0.2) is 0 Å². The molecule has 1 aromatic carbocycles. The maximum Gasteiger partial charge on any atom is 0.244 e. The van der Waals surface area contributed by atoms with E-state index in [1.54, 1.807) is 11.0 Å². The summed E-state index contributed by atoms with van der Waals surface area (Å²) in [6.07, 6.45) is 4.57. The molecule has 2 rings (SSSR count). The van der Waals surface area contributed by atoms with Crippen molar-refractivity contribution in [3.63, 3.8) is 0 Å². The van der Waals surface area contributed by atoms with Gasteiger partial charge < -0.3 is 10.2 Å². The molecule has 1 fully saturated rings. The Labute approximate surface area is 117 Å². The van der Waals surface area contributed by atoms with E-state index in [9.17, 15) is 9.59 Å². The molecular weight excluding hydrogens is 254 g/mol. The number of hydrogen-bond acceptors (Lipinski definition) is 3. The van der Waals surface area contributed by atoms with Gasteiger partial charge in [-0.05, 0) is 30.2 Å². The summed E-state index contributed by atoms with van der Waals surface area (Å²) in [5.74, 6) is -0.144. The van der Waals surface area contributed by atoms with Crippen molar-refractivity contribution in [2.45, 2.75) is 12.8 Å². The van der Waals surface area contributed by atoms with Crippen LogP contribution < -0.4 is 10.2 Å². The molecule has 1 aliphatic heterocycles. The van der Waals surface area contributed by atoms with Gasteiger partial charge in [0.05, 0.1) is 6.07 Å². The summed E-state index contributed by atoms with van der Waals surface area (Å²) in [6.45, 7) is 0.768. The lowest BCUT2D eigenvalue weighted by atomic mass is 10.2. The minimum Gasteiger partial charge on any atom is -0.339 e. The monoisotopic (exact) mass is 269 g/mol. The van der Waals surface area contributed by atoms with Crippen molar-refractivity contribution in [3.05, 3.63) is 35.9 Å². The summed E-state index contributed by atoms with van der Waals surface area (Å²) in [5, 5.41) is 10.8. The quantitative estimate of drug-likeness (QED) is 0.664. The first kappa shape index (κ1) is 13.8. The van der Waals surface area contributed by atoms with Crippen molar-refractivity contribution in [1.29, 1.82) is 5.26 Å². The summed E-state index contributed by atoms with van der Waals surface area (Å²) >= 11 is 0. The minimum absolute atomic E-state index is 0.000811. The van der Waals surface area contributed by atoms with Crippen LogP contribution in [0.2, 0.25) is 0 Å². The van der Waals surface area contributed by atoms with Crippen LogP contribution in [-0.4, -0.2) is 24.9 Å². The number of amides is 2. The summed E-state index contributed by atoms with van der Waals surface area (Å²) in [6, 6.07) is 9.29. The lowest BCUT2D eigenvalue weighted by Gasteiger charge is -2.15. The van der Waals surface area contributed by atoms with Gasteiger partial charge in [0.2, 0.25) is 11.8 Å². The van der Waals surface area contributed by atoms with Crippen molar-refractivity contribution < 1.29 is 9.59 Å². The van der Waals surface area contributed by atoms with Gasteiger partial charge in [-0.1, -0.05) is 12.1 Å². The third-order valence-corrected chi connectivity index (χ3v) is 3.05. The van der Waals surface area contributed by atoms with Crippen LogP contribution in [0.3, 0.4) is 0 Å². The predicted octanol–water partition coefficient (Wildman–Crippen LogP) is 1.47. The zero-order valence-electron chi connectivity index (χ0n) is 11.0. The van der Waals surface area contributed by atoms with E-state index in [-0.39, 0.29) is 18.4 Å². The van der Waals surface area contributed by atoms with E-state index in [0.29, 0.717) is 6.42 Å². The molecule has 5 heteroatoms. The number of carbonyl (C=O) groups excluding carboxylic acids is 2. The van der Waals surface area contributed by atoms with Gasteiger partial charge in [-0.25, -0.2) is 0 Å². The standard InChI is InChI=1S/C15H15N3O2/c16-9-10-17-14(19)8-5-12-3-6-13(7-4-12)18-11-1-2-15(18)20/h3-8H,1-2,10-11H2,(H,17,19). The Balaban J connectivity index is 1.98. The van der Waals surface area contributed by atoms with Crippen LogP contribution in [0.4, 0.5) is 5.69 Å². The Morgan fingerprint density at radius 1 is 1.40 bits per heavy atom. The minimum atomic E-state index is -0.301. The number of nitriles is 1. The average molecular weight is 269 g/mol. The molecule has 102 valence electrons. The van der Waals surface area contributed by atoms with E-state index in [2.05, 4.69) is 5.32 Å². The van der Waals surface area contributed by atoms with Gasteiger partial charge in [0.1, 0.15) is 6.54 Å². The molecule has 0 unspecified atom stereocenters. The highest BCUT2D eigenvalue weighted by molar-refractivity contribution is 5.95. The van der Waals surface area contributed by atoms with Crippen LogP contribution in [0.15, 0.2) is 30.3 Å². The van der Waals surface area contributed by atoms with Gasteiger partial charge in [0, 0.05) is 24.7 Å². The second-order valence-corrected chi connectivity index (χ2v) is 4.45. The third kappa shape index (κ3) is 3.45. The largest absolute Gasteiger partial charge is 0.339 e. The Kier molecular flexibility index (Phi) is 4.51. The zero-order valence-corrected chi connectivity index (χ0v) is 11.0. The van der Waals surface area contributed by atoms with E-state index in [1.807, 2.05) is 30.3 Å². The average Bonchev–Trinajstić information content (AvgIpc) is 2.89. The second kappa shape index (κ2) is 6.53. The summed E-state index contributed by atoms with van der Waals surface area (Å²) in [4.78, 5) is 24.7. The molecule has 0 saturated carbocycles. The highest BCUT2D eigenvalue weighted by atomic mass is 16.2. The molecule has 5 nitrogen and oxygen atoms in total. The maximum absolute atomic E-state index is 11.6. The molecule has 20 heavy (non-hydrogen) atoms. The number of hydrogen-bond donors (Lipinski definition) is 1. The molecule has 0 aromatic heterocycles. The normalized spacial score (nSPS) is 14.6. The fraction of sp³-hybridized carbons (Fsp3) is 0.267. The van der Waals surface area contributed by atoms with Crippen LogP contribution in [0.5, 0.6) is 0 Å². The molecule has 1 aliphatic rings. The summed E-state index contributed by atoms with van der Waals surface area (Å²) in [7, 11) is 0. The molecule has 0 aliphatic carbocycles. The number of carbonyl (C=O) groups is 2. The highest BCUT2D eigenvalue weighted by Gasteiger charge is 2.21. The SMILES string of the molecule is N#CCNC(=O)C=Cc1ccc(N2CCCC2=O)cc1. The first-order valence-electron chi connectivity index (χ1n) is 6.44. The molecule has 1 aromatic rings. The van der Waals surface area contributed by atoms with E-state index in [4.69, 9.17) is 5.26 Å². The highest BCUT2D eigenvalue weighted by Crippen LogP contribution is 2.21. The first-order chi connectivity index (χ1) is 9.70. The van der Waals surface area contributed by atoms with E-state index >= 15 is 0 Å². The lowest BCUT2D eigenvalue weighted by molar-refractivity contribution is -0.117. The molecular formula is C15H15N3O2. The van der Waals surface area contributed by atoms with Crippen LogP contribution in [0, 0.1) is 11.3 Å². The van der Waals surface area contributed by atoms with Crippen LogP contribution in [-0.2, 0) is 9.59 Å². The van der Waals surface area contributed by atoms with Crippen LogP contribution in [0.25, 0.3) is 6.08 Å². The maximum atomic E-state index is 11.6. The Morgan fingerprint density at radius 3 is 2.75 bits per heavy atom. The number of rotatable bonds is 4. The van der Waals surface area contributed by atoms with Crippen molar-refractivity contribution in [2.75, 3.05) is 18.0 Å². The number of nitrogens with zero attached hydrogens (tertiary/aromatic N) is 2. The third-order valence-electron chi connectivity index (χ3n) is 3.05. The Bertz CT molecular complexity index is 570. The number of benzene rings is 1. The topological polar surface area (TPSA) is 73.2 Å². The van der Waals surface area contributed by atoms with Gasteiger partial charge in [0.25, 0.3) is 0 Å². The van der Waals surface area contributed by atoms with Gasteiger partial charge >= 0.3 is 0 Å². The molecule has 1 saturated heterocycles. The molecule has 0 bridgehead atoms. The van der Waals surface area contributed by atoms with E-state index < -0.39 is 0 Å². The second-order valence-electron chi connectivity index (χ2n) is 4.45. The van der Waals surface area contributed by atoms with Crippen LogP contribution >= 0.6 is 0 Å². The first-order valence-corrected chi connectivity index (χ1v) is 6.44. The van der Waals surface area contributed by atoms with Gasteiger partial charge in [-0.2, -0.15) is 5.26 Å². The van der Waals surface area contributed by atoms with Crippen LogP contribution in [0.1, 0.15) is 18.4 Å². The molecule has 0 radical (unpaired) electrons. The predicted molar refractivity (Wildman–Crippen MR) is 75.7 cm³/mol. The zero-order chi connectivity index (χ0) is 14.4. The van der Waals surface area contributed by atoms with E-state index in [1.165, 1.54) is 6.08 Å². The summed E-state index contributed by atoms with van der Waals surface area (Å²) in [5.41, 5.74) is 1.76. The fourth-order valence-electron chi connectivity index (χ4n) is 2.04. The summed E-state index contributed by atoms with van der Waals surface area (Å²) < 4.78 is 0. The smallest absolute Gasteiger partial charge is 0.244 e. The van der Waals surface area contributed by atoms with Crippen molar-refractivity contribution in [2.24, 2.45) is 0 Å². The van der Waals surface area contributed by atoms with Crippen molar-refractivity contribution in [3.8, 4) is 6.07 Å². The molecule has 1 N–H and O–H groups in total. The number of anilines is 1. The van der Waals surface area contributed by atoms with Gasteiger partial charge in [-0.15, -0.1) is 0 Å².